The number of rotatable bonds is 9. The molecule has 0 spiro atoms. The molecule has 130 valence electrons. The third-order valence-electron chi connectivity index (χ3n) is 3.24. The summed E-state index contributed by atoms with van der Waals surface area (Å²) in [6, 6.07) is 5.05. The first-order valence-electron chi connectivity index (χ1n) is 6.89. The lowest BCUT2D eigenvalue weighted by molar-refractivity contribution is -0.145. The molecule has 0 saturated heterocycles. The summed E-state index contributed by atoms with van der Waals surface area (Å²) in [5, 5.41) is 27.6. The SMILES string of the molecule is C=CC(=O)OCC(CO)(CO)COC(=O)c1ccc(C(=O)O)cc1. The van der Waals surface area contributed by atoms with Gasteiger partial charge in [-0.3, -0.25) is 0 Å². The highest BCUT2D eigenvalue weighted by molar-refractivity contribution is 5.92. The van der Waals surface area contributed by atoms with Crippen LogP contribution in [-0.4, -0.2) is 59.7 Å². The Bertz CT molecular complexity index is 601. The van der Waals surface area contributed by atoms with Crippen molar-refractivity contribution < 1.29 is 39.2 Å². The number of hydrogen-bond donors (Lipinski definition) is 3. The maximum Gasteiger partial charge on any atom is 0.338 e. The fourth-order valence-corrected chi connectivity index (χ4v) is 1.61. The molecule has 0 unspecified atom stereocenters. The van der Waals surface area contributed by atoms with Crippen LogP contribution in [0.15, 0.2) is 36.9 Å². The number of carbonyl (C=O) groups is 3. The number of carboxylic acid groups (broad SMARTS) is 1. The molecule has 8 heteroatoms. The van der Waals surface area contributed by atoms with E-state index in [4.69, 9.17) is 14.6 Å². The van der Waals surface area contributed by atoms with Gasteiger partial charge in [0.15, 0.2) is 0 Å². The molecule has 0 heterocycles. The molecule has 8 nitrogen and oxygen atoms in total. The van der Waals surface area contributed by atoms with Crippen molar-refractivity contribution in [1.29, 1.82) is 0 Å². The summed E-state index contributed by atoms with van der Waals surface area (Å²) in [5.74, 6) is -2.64. The van der Waals surface area contributed by atoms with Gasteiger partial charge in [0.05, 0.1) is 29.8 Å². The van der Waals surface area contributed by atoms with Crippen molar-refractivity contribution in [2.45, 2.75) is 0 Å². The summed E-state index contributed by atoms with van der Waals surface area (Å²) in [6.45, 7) is 1.29. The van der Waals surface area contributed by atoms with E-state index in [0.29, 0.717) is 0 Å². The molecule has 0 amide bonds. The van der Waals surface area contributed by atoms with Crippen LogP contribution in [0.25, 0.3) is 0 Å². The van der Waals surface area contributed by atoms with Gasteiger partial charge in [-0.05, 0) is 24.3 Å². The summed E-state index contributed by atoms with van der Waals surface area (Å²) < 4.78 is 9.80. The predicted molar refractivity (Wildman–Crippen MR) is 81.4 cm³/mol. The summed E-state index contributed by atoms with van der Waals surface area (Å²) in [7, 11) is 0. The number of esters is 2. The van der Waals surface area contributed by atoms with E-state index >= 15 is 0 Å². The van der Waals surface area contributed by atoms with Gasteiger partial charge in [0, 0.05) is 6.08 Å². The van der Waals surface area contributed by atoms with E-state index in [9.17, 15) is 24.6 Å². The van der Waals surface area contributed by atoms with Crippen LogP contribution in [0.1, 0.15) is 20.7 Å². The lowest BCUT2D eigenvalue weighted by Crippen LogP contribution is -2.41. The molecule has 0 aliphatic rings. The Hall–Kier alpha value is -2.71. The van der Waals surface area contributed by atoms with E-state index in [2.05, 4.69) is 6.58 Å². The summed E-state index contributed by atoms with van der Waals surface area (Å²) >= 11 is 0. The van der Waals surface area contributed by atoms with E-state index in [-0.39, 0.29) is 17.7 Å². The third kappa shape index (κ3) is 5.18. The highest BCUT2D eigenvalue weighted by atomic mass is 16.5. The molecule has 1 aromatic carbocycles. The minimum atomic E-state index is -1.35. The normalized spacial score (nSPS) is 10.8. The molecule has 0 saturated carbocycles. The summed E-state index contributed by atoms with van der Waals surface area (Å²) in [6.07, 6.45) is 0.926. The van der Waals surface area contributed by atoms with E-state index in [1.54, 1.807) is 0 Å². The van der Waals surface area contributed by atoms with Crippen molar-refractivity contribution >= 4 is 17.9 Å². The molecular weight excluding hydrogens is 320 g/mol. The molecule has 24 heavy (non-hydrogen) atoms. The zero-order valence-electron chi connectivity index (χ0n) is 12.8. The largest absolute Gasteiger partial charge is 0.478 e. The molecule has 0 aliphatic carbocycles. The molecule has 0 aromatic heterocycles. The number of hydrogen-bond acceptors (Lipinski definition) is 7. The monoisotopic (exact) mass is 338 g/mol. The van der Waals surface area contributed by atoms with Gasteiger partial charge in [-0.2, -0.15) is 0 Å². The molecular formula is C16H18O8. The second-order valence-electron chi connectivity index (χ2n) is 5.09. The zero-order valence-corrected chi connectivity index (χ0v) is 12.8. The van der Waals surface area contributed by atoms with Crippen molar-refractivity contribution in [3.8, 4) is 0 Å². The molecule has 1 aromatic rings. The maximum atomic E-state index is 11.9. The second-order valence-corrected chi connectivity index (χ2v) is 5.09. The van der Waals surface area contributed by atoms with E-state index in [0.717, 1.165) is 6.08 Å². The number of aromatic carboxylic acids is 1. The van der Waals surface area contributed by atoms with E-state index in [1.807, 2.05) is 0 Å². The van der Waals surface area contributed by atoms with Gasteiger partial charge in [-0.25, -0.2) is 14.4 Å². The van der Waals surface area contributed by atoms with Crippen molar-refractivity contribution in [2.24, 2.45) is 5.41 Å². The first kappa shape index (κ1) is 19.3. The Morgan fingerprint density at radius 2 is 1.50 bits per heavy atom. The van der Waals surface area contributed by atoms with Crippen LogP contribution in [0.3, 0.4) is 0 Å². The Morgan fingerprint density at radius 3 is 1.96 bits per heavy atom. The highest BCUT2D eigenvalue weighted by Gasteiger charge is 2.33. The maximum absolute atomic E-state index is 11.9. The van der Waals surface area contributed by atoms with E-state index < -0.39 is 43.1 Å². The number of benzene rings is 1. The van der Waals surface area contributed by atoms with Crippen LogP contribution >= 0.6 is 0 Å². The molecule has 0 aliphatic heterocycles. The Morgan fingerprint density at radius 1 is 1.00 bits per heavy atom. The van der Waals surface area contributed by atoms with Gasteiger partial charge in [0.25, 0.3) is 0 Å². The number of carbonyl (C=O) groups excluding carboxylic acids is 2. The Labute approximate surface area is 137 Å². The summed E-state index contributed by atoms with van der Waals surface area (Å²) in [5.41, 5.74) is -1.23. The topological polar surface area (TPSA) is 130 Å². The predicted octanol–water partition coefficient (Wildman–Crippen LogP) is 0.242. The zero-order chi connectivity index (χ0) is 18.2. The molecule has 3 N–H and O–H groups in total. The van der Waals surface area contributed by atoms with Gasteiger partial charge in [0.1, 0.15) is 13.2 Å². The molecule has 1 rings (SSSR count). The number of carboxylic acids is 1. The van der Waals surface area contributed by atoms with Gasteiger partial charge >= 0.3 is 17.9 Å². The van der Waals surface area contributed by atoms with Gasteiger partial charge in [-0.1, -0.05) is 6.58 Å². The fourth-order valence-electron chi connectivity index (χ4n) is 1.61. The number of ether oxygens (including phenoxy) is 2. The van der Waals surface area contributed by atoms with Crippen LogP contribution in [0.5, 0.6) is 0 Å². The molecule has 0 radical (unpaired) electrons. The van der Waals surface area contributed by atoms with Crippen molar-refractivity contribution in [2.75, 3.05) is 26.4 Å². The third-order valence-corrected chi connectivity index (χ3v) is 3.24. The fraction of sp³-hybridized carbons (Fsp3) is 0.312. The van der Waals surface area contributed by atoms with Crippen LogP contribution in [0, 0.1) is 5.41 Å². The molecule has 0 bridgehead atoms. The minimum absolute atomic E-state index is 0.0166. The first-order chi connectivity index (χ1) is 11.4. The molecule has 0 fully saturated rings. The molecule has 0 atom stereocenters. The van der Waals surface area contributed by atoms with Gasteiger partial charge < -0.3 is 24.8 Å². The Kier molecular flexibility index (Phi) is 7.09. The van der Waals surface area contributed by atoms with Crippen LogP contribution in [-0.2, 0) is 14.3 Å². The summed E-state index contributed by atoms with van der Waals surface area (Å²) in [4.78, 5) is 33.8. The van der Waals surface area contributed by atoms with Crippen LogP contribution in [0.2, 0.25) is 0 Å². The Balaban J connectivity index is 2.71. The van der Waals surface area contributed by atoms with Crippen molar-refractivity contribution in [1.82, 2.24) is 0 Å². The quantitative estimate of drug-likeness (QED) is 0.431. The van der Waals surface area contributed by atoms with Gasteiger partial charge in [-0.15, -0.1) is 0 Å². The number of aliphatic hydroxyl groups excluding tert-OH is 2. The van der Waals surface area contributed by atoms with Crippen LogP contribution < -0.4 is 0 Å². The average molecular weight is 338 g/mol. The van der Waals surface area contributed by atoms with Gasteiger partial charge in [0.2, 0.25) is 0 Å². The lowest BCUT2D eigenvalue weighted by Gasteiger charge is -2.28. The minimum Gasteiger partial charge on any atom is -0.478 e. The first-order valence-corrected chi connectivity index (χ1v) is 6.89. The van der Waals surface area contributed by atoms with E-state index in [1.165, 1.54) is 24.3 Å². The van der Waals surface area contributed by atoms with Crippen molar-refractivity contribution in [3.05, 3.63) is 48.0 Å². The average Bonchev–Trinajstić information content (AvgIpc) is 2.61. The number of aliphatic hydroxyl groups is 2. The highest BCUT2D eigenvalue weighted by Crippen LogP contribution is 2.18. The lowest BCUT2D eigenvalue weighted by atomic mass is 9.92. The van der Waals surface area contributed by atoms with Crippen molar-refractivity contribution in [3.63, 3.8) is 0 Å². The standard InChI is InChI=1S/C16H18O8/c1-2-13(19)23-9-16(7-17,8-18)10-24-15(22)12-5-3-11(4-6-12)14(20)21/h2-6,17-18H,1,7-10H2,(H,20,21). The second kappa shape index (κ2) is 8.80. The van der Waals surface area contributed by atoms with Crippen LogP contribution in [0.4, 0.5) is 0 Å². The smallest absolute Gasteiger partial charge is 0.338 e.